The van der Waals surface area contributed by atoms with E-state index in [1.165, 1.54) is 0 Å². The molecule has 1 aromatic carbocycles. The number of hydrogen-bond acceptors (Lipinski definition) is 3. The van der Waals surface area contributed by atoms with E-state index in [1.807, 2.05) is 35.9 Å². The Balaban J connectivity index is 1.58. The number of benzene rings is 1. The van der Waals surface area contributed by atoms with E-state index in [1.54, 1.807) is 0 Å². The molecule has 6 heteroatoms. The second kappa shape index (κ2) is 6.48. The fourth-order valence-electron chi connectivity index (χ4n) is 2.82. The van der Waals surface area contributed by atoms with Crippen LogP contribution in [0.25, 0.3) is 0 Å². The van der Waals surface area contributed by atoms with Crippen molar-refractivity contribution in [3.8, 4) is 0 Å². The molecule has 22 heavy (non-hydrogen) atoms. The van der Waals surface area contributed by atoms with Gasteiger partial charge in [0.1, 0.15) is 11.6 Å². The number of aryl methyl sites for hydroxylation is 3. The summed E-state index contributed by atoms with van der Waals surface area (Å²) in [7, 11) is 0. The third-order valence-electron chi connectivity index (χ3n) is 3.85. The van der Waals surface area contributed by atoms with Crippen LogP contribution in [0, 0.1) is 6.92 Å². The number of halogens is 1. The molecule has 1 atom stereocenters. The van der Waals surface area contributed by atoms with Crippen molar-refractivity contribution < 1.29 is 4.79 Å². The van der Waals surface area contributed by atoms with E-state index >= 15 is 0 Å². The number of carbonyl (C=O) groups is 1. The van der Waals surface area contributed by atoms with Gasteiger partial charge in [-0.25, -0.2) is 9.67 Å². The lowest BCUT2D eigenvalue weighted by molar-refractivity contribution is -0.122. The molecule has 5 nitrogen and oxygen atoms in total. The number of aromatic nitrogens is 3. The number of nitrogens with one attached hydrogen (secondary N) is 1. The van der Waals surface area contributed by atoms with Crippen molar-refractivity contribution in [2.75, 3.05) is 0 Å². The molecule has 2 heterocycles. The minimum atomic E-state index is -0.0261. The number of nitrogens with zero attached hydrogens (tertiary/aromatic N) is 3. The zero-order valence-electron chi connectivity index (χ0n) is 12.6. The predicted molar refractivity (Wildman–Crippen MR) is 84.6 cm³/mol. The molecular weight excluding hydrogens is 300 g/mol. The van der Waals surface area contributed by atoms with E-state index in [9.17, 15) is 4.79 Å². The van der Waals surface area contributed by atoms with Gasteiger partial charge in [0.25, 0.3) is 0 Å². The van der Waals surface area contributed by atoms with Crippen molar-refractivity contribution in [3.05, 3.63) is 46.5 Å². The molecule has 0 fully saturated rings. The van der Waals surface area contributed by atoms with Gasteiger partial charge in [-0.05, 0) is 43.9 Å². The highest BCUT2D eigenvalue weighted by Crippen LogP contribution is 2.23. The van der Waals surface area contributed by atoms with E-state index in [0.29, 0.717) is 17.9 Å². The van der Waals surface area contributed by atoms with Crippen LogP contribution in [0.1, 0.15) is 42.5 Å². The second-order valence-corrected chi connectivity index (χ2v) is 6.07. The van der Waals surface area contributed by atoms with Crippen LogP contribution in [0.2, 0.25) is 5.02 Å². The van der Waals surface area contributed by atoms with Gasteiger partial charge in [0.05, 0.1) is 6.04 Å². The molecule has 3 rings (SSSR count). The molecule has 0 bridgehead atoms. The van der Waals surface area contributed by atoms with Crippen molar-refractivity contribution in [3.63, 3.8) is 0 Å². The van der Waals surface area contributed by atoms with Gasteiger partial charge in [0.2, 0.25) is 5.91 Å². The van der Waals surface area contributed by atoms with Crippen LogP contribution in [-0.2, 0) is 17.8 Å². The molecule has 1 aromatic heterocycles. The molecule has 0 unspecified atom stereocenters. The molecular formula is C16H19ClN4O. The minimum Gasteiger partial charge on any atom is -0.346 e. The Kier molecular flexibility index (Phi) is 4.43. The first-order valence-electron chi connectivity index (χ1n) is 7.57. The van der Waals surface area contributed by atoms with Crippen molar-refractivity contribution in [1.29, 1.82) is 0 Å². The topological polar surface area (TPSA) is 59.8 Å². The predicted octanol–water partition coefficient (Wildman–Crippen LogP) is 2.82. The summed E-state index contributed by atoms with van der Waals surface area (Å²) in [5.74, 6) is 1.68. The van der Waals surface area contributed by atoms with Gasteiger partial charge in [-0.3, -0.25) is 4.79 Å². The Labute approximate surface area is 134 Å². The number of carbonyl (C=O) groups excluding carboxylic acids is 1. The molecule has 0 saturated carbocycles. The van der Waals surface area contributed by atoms with Crippen LogP contribution in [0.3, 0.4) is 0 Å². The van der Waals surface area contributed by atoms with Gasteiger partial charge in [-0.15, -0.1) is 0 Å². The molecule has 1 amide bonds. The molecule has 1 aliphatic heterocycles. The fraction of sp³-hybridized carbons (Fsp3) is 0.438. The van der Waals surface area contributed by atoms with Gasteiger partial charge in [-0.1, -0.05) is 23.7 Å². The lowest BCUT2D eigenvalue weighted by Gasteiger charge is -2.23. The lowest BCUT2D eigenvalue weighted by Crippen LogP contribution is -2.33. The molecule has 0 saturated heterocycles. The Bertz CT molecular complexity index is 683. The maximum absolute atomic E-state index is 12.2. The maximum atomic E-state index is 12.2. The normalized spacial score (nSPS) is 17.1. The number of fused-ring (bicyclic) bond motifs is 1. The van der Waals surface area contributed by atoms with Crippen LogP contribution in [0.5, 0.6) is 0 Å². The smallest absolute Gasteiger partial charge is 0.220 e. The Morgan fingerprint density at radius 2 is 2.36 bits per heavy atom. The van der Waals surface area contributed by atoms with Crippen LogP contribution < -0.4 is 5.32 Å². The number of hydrogen-bond donors (Lipinski definition) is 1. The van der Waals surface area contributed by atoms with Crippen LogP contribution in [0.15, 0.2) is 24.3 Å². The molecule has 1 N–H and O–H groups in total. The summed E-state index contributed by atoms with van der Waals surface area (Å²) in [6, 6.07) is 7.60. The van der Waals surface area contributed by atoms with Gasteiger partial charge in [0.15, 0.2) is 0 Å². The summed E-state index contributed by atoms with van der Waals surface area (Å²) < 4.78 is 1.90. The van der Waals surface area contributed by atoms with E-state index in [4.69, 9.17) is 11.6 Å². The Morgan fingerprint density at radius 1 is 1.50 bits per heavy atom. The second-order valence-electron chi connectivity index (χ2n) is 5.63. The Hall–Kier alpha value is -1.88. The van der Waals surface area contributed by atoms with Gasteiger partial charge in [-0.2, -0.15) is 5.10 Å². The molecule has 116 valence electrons. The summed E-state index contributed by atoms with van der Waals surface area (Å²) in [4.78, 5) is 16.6. The Morgan fingerprint density at radius 3 is 3.18 bits per heavy atom. The summed E-state index contributed by atoms with van der Waals surface area (Å²) in [6.45, 7) is 2.76. The van der Waals surface area contributed by atoms with E-state index in [2.05, 4.69) is 15.4 Å². The molecule has 0 spiro atoms. The molecule has 0 aliphatic carbocycles. The van der Waals surface area contributed by atoms with Gasteiger partial charge >= 0.3 is 0 Å². The zero-order chi connectivity index (χ0) is 15.5. The molecule has 1 aliphatic rings. The summed E-state index contributed by atoms with van der Waals surface area (Å²) in [6.07, 6.45) is 3.06. The monoisotopic (exact) mass is 318 g/mol. The standard InChI is InChI=1S/C16H19ClN4O/c1-11-18-16-14(6-3-9-21(16)20-11)19-15(22)8-7-12-4-2-5-13(17)10-12/h2,4-5,10,14H,3,6-9H2,1H3,(H,19,22)/t14-/m0/s1. The highest BCUT2D eigenvalue weighted by Gasteiger charge is 2.24. The van der Waals surface area contributed by atoms with Crippen LogP contribution in [-0.4, -0.2) is 20.7 Å². The first kappa shape index (κ1) is 15.0. The van der Waals surface area contributed by atoms with Crippen molar-refractivity contribution in [1.82, 2.24) is 20.1 Å². The lowest BCUT2D eigenvalue weighted by atomic mass is 10.1. The first-order valence-corrected chi connectivity index (χ1v) is 7.95. The fourth-order valence-corrected chi connectivity index (χ4v) is 3.03. The number of rotatable bonds is 4. The first-order chi connectivity index (χ1) is 10.6. The van der Waals surface area contributed by atoms with Gasteiger partial charge < -0.3 is 5.32 Å². The van der Waals surface area contributed by atoms with E-state index in [0.717, 1.165) is 36.6 Å². The molecule has 0 radical (unpaired) electrons. The third-order valence-corrected chi connectivity index (χ3v) is 4.08. The average Bonchev–Trinajstić information content (AvgIpc) is 2.87. The highest BCUT2D eigenvalue weighted by atomic mass is 35.5. The summed E-state index contributed by atoms with van der Waals surface area (Å²) in [5.41, 5.74) is 1.07. The summed E-state index contributed by atoms with van der Waals surface area (Å²) >= 11 is 5.96. The largest absolute Gasteiger partial charge is 0.346 e. The summed E-state index contributed by atoms with van der Waals surface area (Å²) in [5, 5.41) is 8.13. The van der Waals surface area contributed by atoms with Crippen LogP contribution >= 0.6 is 11.6 Å². The minimum absolute atomic E-state index is 0.0261. The SMILES string of the molecule is Cc1nc2n(n1)CCC[C@@H]2NC(=O)CCc1cccc(Cl)c1. The molecule has 2 aromatic rings. The van der Waals surface area contributed by atoms with Crippen molar-refractivity contribution >= 4 is 17.5 Å². The zero-order valence-corrected chi connectivity index (χ0v) is 13.3. The van der Waals surface area contributed by atoms with Gasteiger partial charge in [0, 0.05) is 18.0 Å². The number of amides is 1. The maximum Gasteiger partial charge on any atom is 0.220 e. The highest BCUT2D eigenvalue weighted by molar-refractivity contribution is 6.30. The average molecular weight is 319 g/mol. The third kappa shape index (κ3) is 3.47. The van der Waals surface area contributed by atoms with E-state index < -0.39 is 0 Å². The van der Waals surface area contributed by atoms with E-state index in [-0.39, 0.29) is 11.9 Å². The van der Waals surface area contributed by atoms with Crippen LogP contribution in [0.4, 0.5) is 0 Å². The van der Waals surface area contributed by atoms with Crippen molar-refractivity contribution in [2.24, 2.45) is 0 Å². The van der Waals surface area contributed by atoms with Crippen molar-refractivity contribution in [2.45, 2.75) is 45.2 Å². The quantitative estimate of drug-likeness (QED) is 0.943.